The fourth-order valence-electron chi connectivity index (χ4n) is 2.19. The highest BCUT2D eigenvalue weighted by Gasteiger charge is 2.28. The van der Waals surface area contributed by atoms with E-state index in [1.54, 1.807) is 18.3 Å². The van der Waals surface area contributed by atoms with Gasteiger partial charge >= 0.3 is 0 Å². The molecule has 22 heavy (non-hydrogen) atoms. The summed E-state index contributed by atoms with van der Waals surface area (Å²) in [7, 11) is 0. The molecule has 0 aromatic carbocycles. The third-order valence-corrected chi connectivity index (χ3v) is 3.33. The van der Waals surface area contributed by atoms with Gasteiger partial charge in [0.2, 0.25) is 5.95 Å². The molecule has 2 rings (SSSR count). The van der Waals surface area contributed by atoms with Crippen molar-refractivity contribution in [3.8, 4) is 0 Å². The zero-order valence-corrected chi connectivity index (χ0v) is 12.2. The van der Waals surface area contributed by atoms with E-state index >= 15 is 0 Å². The smallest absolute Gasteiger partial charge is 0.266 e. The molecule has 2 aromatic rings. The van der Waals surface area contributed by atoms with Gasteiger partial charge in [-0.15, -0.1) is 0 Å². The van der Waals surface area contributed by atoms with Crippen molar-refractivity contribution < 1.29 is 13.9 Å². The molecule has 8 heteroatoms. The molecule has 0 amide bonds. The molecular formula is C14H19F2N5O. The van der Waals surface area contributed by atoms with Gasteiger partial charge in [0.1, 0.15) is 11.6 Å². The fraction of sp³-hybridized carbons (Fsp3) is 0.500. The molecule has 0 saturated heterocycles. The molecular weight excluding hydrogens is 292 g/mol. The van der Waals surface area contributed by atoms with Crippen molar-refractivity contribution in [1.82, 2.24) is 15.0 Å². The van der Waals surface area contributed by atoms with E-state index in [1.807, 2.05) is 6.92 Å². The highest BCUT2D eigenvalue weighted by molar-refractivity contribution is 5.85. The number of alkyl halides is 2. The van der Waals surface area contributed by atoms with Gasteiger partial charge in [-0.25, -0.2) is 13.8 Å². The molecule has 0 saturated carbocycles. The Labute approximate surface area is 126 Å². The first-order chi connectivity index (χ1) is 10.5. The summed E-state index contributed by atoms with van der Waals surface area (Å²) in [5, 5.41) is 12.6. The Balaban J connectivity index is 2.32. The minimum Gasteiger partial charge on any atom is -0.385 e. The molecule has 0 radical (unpaired) electrons. The summed E-state index contributed by atoms with van der Waals surface area (Å²) in [4.78, 5) is 12.2. The fourth-order valence-corrected chi connectivity index (χ4v) is 2.19. The van der Waals surface area contributed by atoms with Crippen molar-refractivity contribution in [3.63, 3.8) is 0 Å². The zero-order chi connectivity index (χ0) is 16.1. The van der Waals surface area contributed by atoms with Crippen LogP contribution in [0.3, 0.4) is 0 Å². The van der Waals surface area contributed by atoms with Crippen molar-refractivity contribution in [2.75, 3.05) is 11.1 Å². The summed E-state index contributed by atoms with van der Waals surface area (Å²) < 4.78 is 25.7. The van der Waals surface area contributed by atoms with Crippen molar-refractivity contribution >= 4 is 22.8 Å². The van der Waals surface area contributed by atoms with Gasteiger partial charge in [0, 0.05) is 6.20 Å². The Kier molecular flexibility index (Phi) is 5.37. The Hall–Kier alpha value is -2.09. The number of aliphatic hydroxyl groups excluding tert-OH is 1. The average Bonchev–Trinajstić information content (AvgIpc) is 2.50. The predicted molar refractivity (Wildman–Crippen MR) is 80.7 cm³/mol. The summed E-state index contributed by atoms with van der Waals surface area (Å²) in [6.45, 7) is 1.95. The van der Waals surface area contributed by atoms with Crippen molar-refractivity contribution in [1.29, 1.82) is 0 Å². The summed E-state index contributed by atoms with van der Waals surface area (Å²) in [6, 6.07) is 2.57. The molecule has 120 valence electrons. The van der Waals surface area contributed by atoms with Crippen LogP contribution < -0.4 is 11.1 Å². The van der Waals surface area contributed by atoms with Crippen LogP contribution in [0.25, 0.3) is 11.0 Å². The normalized spacial score (nSPS) is 14.2. The number of unbranched alkanes of at least 4 members (excludes halogenated alkanes) is 1. The number of anilines is 2. The summed E-state index contributed by atoms with van der Waals surface area (Å²) >= 11 is 0. The van der Waals surface area contributed by atoms with Gasteiger partial charge in [0.15, 0.2) is 5.82 Å². The standard InChI is InChI=1S/C14H19F2N5O/c1-2-3-5-9(11(22)12(15)16)19-13-10-8(6-4-7-18-10)20-14(17)21-13/h4,6-7,9,11-12,22H,2-3,5H2,1H3,(H3,17,19,20,21)/t9-,11?/m1/s1. The number of rotatable bonds is 7. The van der Waals surface area contributed by atoms with Crippen LogP contribution >= 0.6 is 0 Å². The minimum absolute atomic E-state index is 0.0174. The van der Waals surface area contributed by atoms with Gasteiger partial charge in [-0.3, -0.25) is 4.98 Å². The van der Waals surface area contributed by atoms with Crippen LogP contribution in [0.2, 0.25) is 0 Å². The van der Waals surface area contributed by atoms with Gasteiger partial charge in [-0.2, -0.15) is 4.98 Å². The Morgan fingerprint density at radius 2 is 2.14 bits per heavy atom. The molecule has 0 aliphatic heterocycles. The van der Waals surface area contributed by atoms with E-state index in [4.69, 9.17) is 5.73 Å². The largest absolute Gasteiger partial charge is 0.385 e. The van der Waals surface area contributed by atoms with Crippen molar-refractivity contribution in [2.45, 2.75) is 44.8 Å². The van der Waals surface area contributed by atoms with Crippen LogP contribution in [0.1, 0.15) is 26.2 Å². The second kappa shape index (κ2) is 7.26. The molecule has 2 aromatic heterocycles. The van der Waals surface area contributed by atoms with Crippen LogP contribution in [-0.4, -0.2) is 38.6 Å². The molecule has 0 bridgehead atoms. The number of aliphatic hydroxyl groups is 1. The number of hydrogen-bond acceptors (Lipinski definition) is 6. The molecule has 0 aliphatic carbocycles. The molecule has 0 spiro atoms. The number of nitrogens with zero attached hydrogens (tertiary/aromatic N) is 3. The quantitative estimate of drug-likeness (QED) is 0.725. The third-order valence-electron chi connectivity index (χ3n) is 3.33. The van der Waals surface area contributed by atoms with Crippen molar-refractivity contribution in [3.05, 3.63) is 18.3 Å². The second-order valence-corrected chi connectivity index (χ2v) is 5.02. The van der Waals surface area contributed by atoms with Crippen LogP contribution in [0, 0.1) is 0 Å². The van der Waals surface area contributed by atoms with Crippen LogP contribution in [0.5, 0.6) is 0 Å². The van der Waals surface area contributed by atoms with E-state index in [9.17, 15) is 13.9 Å². The summed E-state index contributed by atoms with van der Waals surface area (Å²) in [6.07, 6.45) is -1.15. The van der Waals surface area contributed by atoms with E-state index in [-0.39, 0.29) is 11.8 Å². The van der Waals surface area contributed by atoms with Gasteiger partial charge in [-0.1, -0.05) is 19.8 Å². The monoisotopic (exact) mass is 311 g/mol. The zero-order valence-electron chi connectivity index (χ0n) is 12.2. The maximum Gasteiger partial charge on any atom is 0.266 e. The summed E-state index contributed by atoms with van der Waals surface area (Å²) in [5.74, 6) is 0.271. The number of pyridine rings is 1. The molecule has 4 N–H and O–H groups in total. The lowest BCUT2D eigenvalue weighted by atomic mass is 10.0. The first kappa shape index (κ1) is 16.3. The first-order valence-electron chi connectivity index (χ1n) is 7.14. The molecule has 2 heterocycles. The molecule has 0 fully saturated rings. The number of fused-ring (bicyclic) bond motifs is 1. The maximum atomic E-state index is 12.8. The number of nitrogens with two attached hydrogens (primary N) is 1. The SMILES string of the molecule is CCCC[C@@H](Nc1nc(N)nc2cccnc12)C(O)C(F)F. The molecule has 2 atom stereocenters. The lowest BCUT2D eigenvalue weighted by molar-refractivity contribution is -0.0164. The van der Waals surface area contributed by atoms with E-state index in [0.29, 0.717) is 23.9 Å². The lowest BCUT2D eigenvalue weighted by Gasteiger charge is -2.24. The first-order valence-corrected chi connectivity index (χ1v) is 7.14. The van der Waals surface area contributed by atoms with E-state index in [0.717, 1.165) is 6.42 Å². The number of halogens is 2. The topological polar surface area (TPSA) is 97.0 Å². The molecule has 6 nitrogen and oxygen atoms in total. The van der Waals surface area contributed by atoms with Crippen LogP contribution in [0.15, 0.2) is 18.3 Å². The number of nitrogen functional groups attached to an aromatic ring is 1. The number of hydrogen-bond donors (Lipinski definition) is 3. The predicted octanol–water partition coefficient (Wildman–Crippen LogP) is 2.20. The Bertz CT molecular complexity index is 625. The van der Waals surface area contributed by atoms with E-state index < -0.39 is 18.6 Å². The lowest BCUT2D eigenvalue weighted by Crippen LogP contribution is -2.39. The highest BCUT2D eigenvalue weighted by atomic mass is 19.3. The Morgan fingerprint density at radius 3 is 2.82 bits per heavy atom. The second-order valence-electron chi connectivity index (χ2n) is 5.02. The summed E-state index contributed by atoms with van der Waals surface area (Å²) in [5.41, 5.74) is 6.58. The van der Waals surface area contributed by atoms with Gasteiger partial charge < -0.3 is 16.2 Å². The number of nitrogens with one attached hydrogen (secondary N) is 1. The van der Waals surface area contributed by atoms with Crippen molar-refractivity contribution in [2.24, 2.45) is 0 Å². The Morgan fingerprint density at radius 1 is 1.36 bits per heavy atom. The number of aromatic nitrogens is 3. The van der Waals surface area contributed by atoms with E-state index in [1.165, 1.54) is 0 Å². The minimum atomic E-state index is -2.84. The van der Waals surface area contributed by atoms with Crippen LogP contribution in [0.4, 0.5) is 20.5 Å². The third kappa shape index (κ3) is 3.76. The van der Waals surface area contributed by atoms with Crippen LogP contribution in [-0.2, 0) is 0 Å². The van der Waals surface area contributed by atoms with Gasteiger partial charge in [0.25, 0.3) is 6.43 Å². The average molecular weight is 311 g/mol. The molecule has 1 unspecified atom stereocenters. The molecule has 0 aliphatic rings. The van der Waals surface area contributed by atoms with Gasteiger partial charge in [-0.05, 0) is 18.6 Å². The van der Waals surface area contributed by atoms with Gasteiger partial charge in [0.05, 0.1) is 11.6 Å². The highest BCUT2D eigenvalue weighted by Crippen LogP contribution is 2.22. The maximum absolute atomic E-state index is 12.8. The van der Waals surface area contributed by atoms with E-state index in [2.05, 4.69) is 20.3 Å².